The highest BCUT2D eigenvalue weighted by atomic mass is 32.2. The van der Waals surface area contributed by atoms with Crippen molar-refractivity contribution >= 4 is 15.9 Å². The quantitative estimate of drug-likeness (QED) is 0.693. The van der Waals surface area contributed by atoms with Crippen LogP contribution in [0.3, 0.4) is 0 Å². The first-order valence-electron chi connectivity index (χ1n) is 8.41. The summed E-state index contributed by atoms with van der Waals surface area (Å²) >= 11 is 0. The molecular formula is C19H24N2O4S. The molecule has 0 radical (unpaired) electrons. The van der Waals surface area contributed by atoms with Gasteiger partial charge in [-0.05, 0) is 56.7 Å². The lowest BCUT2D eigenvalue weighted by atomic mass is 10.2. The van der Waals surface area contributed by atoms with Crippen LogP contribution in [0.25, 0.3) is 0 Å². The summed E-state index contributed by atoms with van der Waals surface area (Å²) in [6.45, 7) is 6.42. The molecule has 1 amide bonds. The van der Waals surface area contributed by atoms with Crippen molar-refractivity contribution < 1.29 is 17.9 Å². The lowest BCUT2D eigenvalue weighted by molar-refractivity contribution is 0.0954. The second-order valence-corrected chi connectivity index (χ2v) is 7.62. The maximum Gasteiger partial charge on any atom is 0.251 e. The standard InChI is InChI=1S/C19H24N2O4S/c1-4-25-17-8-6-16(7-9-17)19(22)20-11-12-21-26(23,24)18-10-5-14(2)13-15(18)3/h5-10,13,21H,4,11-12H2,1-3H3,(H,20,22). The third-order valence-corrected chi connectivity index (χ3v) is 5.37. The minimum absolute atomic E-state index is 0.110. The summed E-state index contributed by atoms with van der Waals surface area (Å²) in [6, 6.07) is 12.0. The largest absolute Gasteiger partial charge is 0.494 e. The van der Waals surface area contributed by atoms with E-state index in [4.69, 9.17) is 4.74 Å². The highest BCUT2D eigenvalue weighted by Crippen LogP contribution is 2.16. The summed E-state index contributed by atoms with van der Waals surface area (Å²) in [5.41, 5.74) is 2.19. The molecule has 0 saturated carbocycles. The zero-order chi connectivity index (χ0) is 19.2. The highest BCUT2D eigenvalue weighted by molar-refractivity contribution is 7.89. The number of sulfonamides is 1. The molecule has 0 aliphatic heterocycles. The second kappa shape index (κ2) is 8.82. The SMILES string of the molecule is CCOc1ccc(C(=O)NCCNS(=O)(=O)c2ccc(C)cc2C)cc1. The van der Waals surface area contributed by atoms with Gasteiger partial charge in [-0.15, -0.1) is 0 Å². The number of aryl methyl sites for hydroxylation is 2. The Hall–Kier alpha value is -2.38. The Kier molecular flexibility index (Phi) is 6.76. The van der Waals surface area contributed by atoms with Gasteiger partial charge in [0, 0.05) is 18.7 Å². The molecule has 0 bridgehead atoms. The van der Waals surface area contributed by atoms with Gasteiger partial charge in [0.25, 0.3) is 5.91 Å². The molecule has 0 saturated heterocycles. The van der Waals surface area contributed by atoms with Gasteiger partial charge in [0.2, 0.25) is 10.0 Å². The van der Waals surface area contributed by atoms with Gasteiger partial charge in [0.05, 0.1) is 11.5 Å². The molecule has 7 heteroatoms. The summed E-state index contributed by atoms with van der Waals surface area (Å²) in [6.07, 6.45) is 0. The number of carbonyl (C=O) groups is 1. The Bertz CT molecular complexity index is 862. The third kappa shape index (κ3) is 5.31. The van der Waals surface area contributed by atoms with Gasteiger partial charge in [-0.3, -0.25) is 4.79 Å². The molecule has 0 fully saturated rings. The summed E-state index contributed by atoms with van der Waals surface area (Å²) in [7, 11) is -3.60. The number of hydrogen-bond acceptors (Lipinski definition) is 4. The normalized spacial score (nSPS) is 11.2. The highest BCUT2D eigenvalue weighted by Gasteiger charge is 2.16. The van der Waals surface area contributed by atoms with E-state index >= 15 is 0 Å². The Morgan fingerprint density at radius 3 is 2.35 bits per heavy atom. The molecule has 2 aromatic rings. The number of rotatable bonds is 8. The van der Waals surface area contributed by atoms with E-state index in [1.807, 2.05) is 19.9 Å². The van der Waals surface area contributed by atoms with Crippen LogP contribution in [0.4, 0.5) is 0 Å². The molecule has 0 unspecified atom stereocenters. The predicted octanol–water partition coefficient (Wildman–Crippen LogP) is 2.41. The Balaban J connectivity index is 1.86. The topological polar surface area (TPSA) is 84.5 Å². The molecule has 0 aliphatic rings. The lowest BCUT2D eigenvalue weighted by Crippen LogP contribution is -2.34. The Morgan fingerprint density at radius 2 is 1.73 bits per heavy atom. The Morgan fingerprint density at radius 1 is 1.04 bits per heavy atom. The predicted molar refractivity (Wildman–Crippen MR) is 101 cm³/mol. The van der Waals surface area contributed by atoms with Crippen LogP contribution in [0.1, 0.15) is 28.4 Å². The molecule has 140 valence electrons. The number of hydrogen-bond donors (Lipinski definition) is 2. The molecule has 2 N–H and O–H groups in total. The number of benzene rings is 2. The van der Waals surface area contributed by atoms with Crippen LogP contribution in [0.5, 0.6) is 5.75 Å². The Labute approximate surface area is 154 Å². The van der Waals surface area contributed by atoms with E-state index in [0.29, 0.717) is 23.5 Å². The van der Waals surface area contributed by atoms with Crippen molar-refractivity contribution in [2.75, 3.05) is 19.7 Å². The van der Waals surface area contributed by atoms with E-state index in [0.717, 1.165) is 5.56 Å². The first-order valence-corrected chi connectivity index (χ1v) is 9.90. The molecule has 26 heavy (non-hydrogen) atoms. The smallest absolute Gasteiger partial charge is 0.251 e. The van der Waals surface area contributed by atoms with Gasteiger partial charge < -0.3 is 10.1 Å². The van der Waals surface area contributed by atoms with Crippen molar-refractivity contribution in [3.05, 3.63) is 59.2 Å². The maximum absolute atomic E-state index is 12.3. The van der Waals surface area contributed by atoms with Crippen LogP contribution >= 0.6 is 0 Å². The molecule has 0 heterocycles. The van der Waals surface area contributed by atoms with Crippen molar-refractivity contribution in [3.8, 4) is 5.75 Å². The lowest BCUT2D eigenvalue weighted by Gasteiger charge is -2.11. The van der Waals surface area contributed by atoms with E-state index < -0.39 is 10.0 Å². The average Bonchev–Trinajstić information content (AvgIpc) is 2.59. The summed E-state index contributed by atoms with van der Waals surface area (Å²) in [5.74, 6) is 0.434. The molecule has 0 atom stereocenters. The fourth-order valence-electron chi connectivity index (χ4n) is 2.51. The van der Waals surface area contributed by atoms with Crippen molar-refractivity contribution in [2.24, 2.45) is 0 Å². The monoisotopic (exact) mass is 376 g/mol. The number of nitrogens with one attached hydrogen (secondary N) is 2. The van der Waals surface area contributed by atoms with E-state index in [2.05, 4.69) is 10.0 Å². The van der Waals surface area contributed by atoms with Crippen LogP contribution in [0.15, 0.2) is 47.4 Å². The maximum atomic E-state index is 12.3. The third-order valence-electron chi connectivity index (χ3n) is 3.75. The van der Waals surface area contributed by atoms with Gasteiger partial charge >= 0.3 is 0 Å². The van der Waals surface area contributed by atoms with Crippen molar-refractivity contribution in [3.63, 3.8) is 0 Å². The minimum atomic E-state index is -3.60. The zero-order valence-corrected chi connectivity index (χ0v) is 16.0. The van der Waals surface area contributed by atoms with Gasteiger partial charge in [0.15, 0.2) is 0 Å². The zero-order valence-electron chi connectivity index (χ0n) is 15.2. The molecule has 2 rings (SSSR count). The first-order chi connectivity index (χ1) is 12.3. The van der Waals surface area contributed by atoms with Crippen molar-refractivity contribution in [2.45, 2.75) is 25.7 Å². The summed E-state index contributed by atoms with van der Waals surface area (Å²) < 4.78 is 32.5. The fraction of sp³-hybridized carbons (Fsp3) is 0.316. The van der Waals surface area contributed by atoms with Crippen LogP contribution < -0.4 is 14.8 Å². The molecular weight excluding hydrogens is 352 g/mol. The van der Waals surface area contributed by atoms with E-state index in [9.17, 15) is 13.2 Å². The van der Waals surface area contributed by atoms with Crippen LogP contribution in [0.2, 0.25) is 0 Å². The average molecular weight is 376 g/mol. The molecule has 0 aromatic heterocycles. The molecule has 6 nitrogen and oxygen atoms in total. The first kappa shape index (κ1) is 19.9. The van der Waals surface area contributed by atoms with Gasteiger partial charge in [-0.2, -0.15) is 0 Å². The number of ether oxygens (including phenoxy) is 1. The van der Waals surface area contributed by atoms with Crippen molar-refractivity contribution in [1.29, 1.82) is 0 Å². The number of carbonyl (C=O) groups excluding carboxylic acids is 1. The number of amides is 1. The molecule has 2 aromatic carbocycles. The molecule has 0 aliphatic carbocycles. The van der Waals surface area contributed by atoms with E-state index in [1.165, 1.54) is 0 Å². The van der Waals surface area contributed by atoms with Crippen molar-refractivity contribution in [1.82, 2.24) is 10.0 Å². The summed E-state index contributed by atoms with van der Waals surface area (Å²) in [5, 5.41) is 2.69. The van der Waals surface area contributed by atoms with E-state index in [1.54, 1.807) is 43.3 Å². The van der Waals surface area contributed by atoms with Crippen LogP contribution in [-0.2, 0) is 10.0 Å². The second-order valence-electron chi connectivity index (χ2n) is 5.88. The molecule has 0 spiro atoms. The van der Waals surface area contributed by atoms with E-state index in [-0.39, 0.29) is 23.9 Å². The summed E-state index contributed by atoms with van der Waals surface area (Å²) in [4.78, 5) is 12.3. The fourth-order valence-corrected chi connectivity index (χ4v) is 3.77. The van der Waals surface area contributed by atoms with Gasteiger partial charge in [0.1, 0.15) is 5.75 Å². The van der Waals surface area contributed by atoms with Gasteiger partial charge in [-0.25, -0.2) is 13.1 Å². The van der Waals surface area contributed by atoms with Gasteiger partial charge in [-0.1, -0.05) is 17.7 Å². The van der Waals surface area contributed by atoms with Crippen LogP contribution in [0, 0.1) is 13.8 Å². The minimum Gasteiger partial charge on any atom is -0.494 e. The van der Waals surface area contributed by atoms with Crippen LogP contribution in [-0.4, -0.2) is 34.0 Å².